The number of pyridine rings is 1. The molecule has 0 unspecified atom stereocenters. The Labute approximate surface area is 140 Å². The minimum absolute atomic E-state index is 0.193. The first-order chi connectivity index (χ1) is 11.2. The third-order valence-electron chi connectivity index (χ3n) is 3.00. The van der Waals surface area contributed by atoms with E-state index in [1.807, 2.05) is 30.3 Å². The van der Waals surface area contributed by atoms with Crippen LogP contribution in [0.1, 0.15) is 26.3 Å². The number of aromatic nitrogens is 1. The summed E-state index contributed by atoms with van der Waals surface area (Å²) in [6.07, 6.45) is 0.677. The van der Waals surface area contributed by atoms with Crippen LogP contribution >= 0.6 is 0 Å². The summed E-state index contributed by atoms with van der Waals surface area (Å²) in [4.78, 5) is 27.3. The third kappa shape index (κ3) is 5.08. The summed E-state index contributed by atoms with van der Waals surface area (Å²) in [5.41, 5.74) is 1.68. The van der Waals surface area contributed by atoms with Crippen molar-refractivity contribution >= 4 is 17.7 Å². The van der Waals surface area contributed by atoms with Gasteiger partial charge in [-0.2, -0.15) is 0 Å². The molecule has 0 bridgehead atoms. The topological polar surface area (TPSA) is 88.5 Å². The molecule has 1 aromatic carbocycles. The van der Waals surface area contributed by atoms with Crippen LogP contribution in [0.2, 0.25) is 0 Å². The molecule has 24 heavy (non-hydrogen) atoms. The van der Waals surface area contributed by atoms with Crippen molar-refractivity contribution in [2.75, 3.05) is 5.32 Å². The number of carboxylic acid groups (broad SMARTS) is 1. The molecule has 0 fully saturated rings. The smallest absolute Gasteiger partial charge is 0.412 e. The molecule has 0 aliphatic rings. The van der Waals surface area contributed by atoms with Gasteiger partial charge in [0.2, 0.25) is 0 Å². The maximum atomic E-state index is 11.8. The van der Waals surface area contributed by atoms with Crippen molar-refractivity contribution in [2.45, 2.75) is 32.8 Å². The highest BCUT2D eigenvalue weighted by molar-refractivity contribution is 5.86. The summed E-state index contributed by atoms with van der Waals surface area (Å²) in [5.74, 6) is -0.969. The maximum Gasteiger partial charge on any atom is 0.412 e. The number of amides is 1. The van der Waals surface area contributed by atoms with E-state index in [9.17, 15) is 9.59 Å². The predicted molar refractivity (Wildman–Crippen MR) is 90.9 cm³/mol. The molecule has 0 spiro atoms. The molecule has 2 N–H and O–H groups in total. The second-order valence-corrected chi connectivity index (χ2v) is 6.30. The number of anilines is 1. The number of benzene rings is 1. The molecule has 126 valence electrons. The molecular formula is C18H20N2O4. The van der Waals surface area contributed by atoms with Crippen LogP contribution in [0.4, 0.5) is 10.5 Å². The molecule has 1 heterocycles. The van der Waals surface area contributed by atoms with E-state index in [0.717, 1.165) is 5.56 Å². The summed E-state index contributed by atoms with van der Waals surface area (Å²) in [6.45, 7) is 5.29. The fourth-order valence-corrected chi connectivity index (χ4v) is 2.15. The van der Waals surface area contributed by atoms with E-state index in [0.29, 0.717) is 16.9 Å². The number of hydrogen-bond donors (Lipinski definition) is 2. The number of nitrogens with one attached hydrogen (secondary N) is 1. The Morgan fingerprint density at radius 3 is 2.46 bits per heavy atom. The second kappa shape index (κ2) is 7.12. The lowest BCUT2D eigenvalue weighted by Crippen LogP contribution is -2.27. The van der Waals surface area contributed by atoms with Crippen molar-refractivity contribution in [3.63, 3.8) is 0 Å². The third-order valence-corrected chi connectivity index (χ3v) is 3.00. The number of nitrogens with zero attached hydrogens (tertiary/aromatic N) is 1. The molecule has 6 nitrogen and oxygen atoms in total. The van der Waals surface area contributed by atoms with Crippen LogP contribution < -0.4 is 5.32 Å². The van der Waals surface area contributed by atoms with Gasteiger partial charge in [0.25, 0.3) is 0 Å². The SMILES string of the molecule is CC(C)(C)OC(=O)Nc1cnc(-c2ccccc2)c(CC(=O)O)c1. The normalized spacial score (nSPS) is 11.0. The van der Waals surface area contributed by atoms with Crippen LogP contribution in [0.15, 0.2) is 42.6 Å². The number of carbonyl (C=O) groups excluding carboxylic acids is 1. The zero-order valence-corrected chi connectivity index (χ0v) is 13.9. The molecule has 0 aliphatic heterocycles. The lowest BCUT2D eigenvalue weighted by Gasteiger charge is -2.20. The molecule has 0 atom stereocenters. The molecule has 1 amide bonds. The molecule has 0 radical (unpaired) electrons. The second-order valence-electron chi connectivity index (χ2n) is 6.30. The van der Waals surface area contributed by atoms with E-state index in [2.05, 4.69) is 10.3 Å². The van der Waals surface area contributed by atoms with Crippen LogP contribution in [0.25, 0.3) is 11.3 Å². The minimum atomic E-state index is -0.969. The molecule has 0 saturated carbocycles. The van der Waals surface area contributed by atoms with Gasteiger partial charge in [0.15, 0.2) is 0 Å². The van der Waals surface area contributed by atoms with Gasteiger partial charge in [-0.15, -0.1) is 0 Å². The number of rotatable bonds is 4. The largest absolute Gasteiger partial charge is 0.481 e. The van der Waals surface area contributed by atoms with Gasteiger partial charge in [0.05, 0.1) is 24.0 Å². The molecule has 6 heteroatoms. The van der Waals surface area contributed by atoms with Gasteiger partial charge in [-0.05, 0) is 32.4 Å². The monoisotopic (exact) mass is 328 g/mol. The highest BCUT2D eigenvalue weighted by atomic mass is 16.6. The van der Waals surface area contributed by atoms with E-state index in [-0.39, 0.29) is 6.42 Å². The molecule has 2 rings (SSSR count). The Hall–Kier alpha value is -2.89. The zero-order valence-electron chi connectivity index (χ0n) is 13.9. The summed E-state index contributed by atoms with van der Waals surface area (Å²) in [5, 5.41) is 11.7. The number of hydrogen-bond acceptors (Lipinski definition) is 4. The fourth-order valence-electron chi connectivity index (χ4n) is 2.15. The summed E-state index contributed by atoms with van der Waals surface area (Å²) in [6, 6.07) is 10.9. The van der Waals surface area contributed by atoms with Crippen LogP contribution in [-0.2, 0) is 16.0 Å². The van der Waals surface area contributed by atoms with Crippen molar-refractivity contribution < 1.29 is 19.4 Å². The quantitative estimate of drug-likeness (QED) is 0.893. The highest BCUT2D eigenvalue weighted by Crippen LogP contribution is 2.24. The van der Waals surface area contributed by atoms with Crippen molar-refractivity contribution in [3.8, 4) is 11.3 Å². The van der Waals surface area contributed by atoms with E-state index in [1.165, 1.54) is 6.20 Å². The Bertz CT molecular complexity index is 736. The Morgan fingerprint density at radius 2 is 1.88 bits per heavy atom. The van der Waals surface area contributed by atoms with E-state index >= 15 is 0 Å². The van der Waals surface area contributed by atoms with Crippen molar-refractivity contribution in [2.24, 2.45) is 0 Å². The molecule has 0 saturated heterocycles. The lowest BCUT2D eigenvalue weighted by atomic mass is 10.0. The average molecular weight is 328 g/mol. The van der Waals surface area contributed by atoms with Crippen LogP contribution in [0, 0.1) is 0 Å². The molecule has 1 aromatic heterocycles. The summed E-state index contributed by atoms with van der Waals surface area (Å²) < 4.78 is 5.18. The van der Waals surface area contributed by atoms with Gasteiger partial charge in [-0.25, -0.2) is 4.79 Å². The Kier molecular flexibility index (Phi) is 5.18. The Morgan fingerprint density at radius 1 is 1.21 bits per heavy atom. The number of ether oxygens (including phenoxy) is 1. The lowest BCUT2D eigenvalue weighted by molar-refractivity contribution is -0.136. The Balaban J connectivity index is 2.30. The summed E-state index contributed by atoms with van der Waals surface area (Å²) >= 11 is 0. The molecular weight excluding hydrogens is 308 g/mol. The van der Waals surface area contributed by atoms with E-state index in [1.54, 1.807) is 26.8 Å². The van der Waals surface area contributed by atoms with Crippen LogP contribution in [-0.4, -0.2) is 27.8 Å². The molecule has 0 aliphatic carbocycles. The fraction of sp³-hybridized carbons (Fsp3) is 0.278. The number of carboxylic acids is 1. The highest BCUT2D eigenvalue weighted by Gasteiger charge is 2.17. The number of aliphatic carboxylic acids is 1. The zero-order chi connectivity index (χ0) is 17.7. The van der Waals surface area contributed by atoms with E-state index < -0.39 is 17.7 Å². The van der Waals surface area contributed by atoms with Crippen LogP contribution in [0.3, 0.4) is 0 Å². The van der Waals surface area contributed by atoms with Gasteiger partial charge in [-0.3, -0.25) is 15.1 Å². The first-order valence-corrected chi connectivity index (χ1v) is 7.51. The van der Waals surface area contributed by atoms with Crippen molar-refractivity contribution in [1.82, 2.24) is 4.98 Å². The minimum Gasteiger partial charge on any atom is -0.481 e. The first kappa shape index (κ1) is 17.5. The van der Waals surface area contributed by atoms with Gasteiger partial charge in [0.1, 0.15) is 5.60 Å². The first-order valence-electron chi connectivity index (χ1n) is 7.51. The van der Waals surface area contributed by atoms with Gasteiger partial charge in [0, 0.05) is 5.56 Å². The predicted octanol–water partition coefficient (Wildman–Crippen LogP) is 3.72. The van der Waals surface area contributed by atoms with Crippen molar-refractivity contribution in [1.29, 1.82) is 0 Å². The summed E-state index contributed by atoms with van der Waals surface area (Å²) in [7, 11) is 0. The standard InChI is InChI=1S/C18H20N2O4/c1-18(2,3)24-17(23)20-14-9-13(10-15(21)22)16(19-11-14)12-7-5-4-6-8-12/h4-9,11H,10H2,1-3H3,(H,20,23)(H,21,22). The van der Waals surface area contributed by atoms with E-state index in [4.69, 9.17) is 9.84 Å². The average Bonchev–Trinajstić information content (AvgIpc) is 2.45. The van der Waals surface area contributed by atoms with Gasteiger partial charge in [-0.1, -0.05) is 30.3 Å². The molecule has 2 aromatic rings. The maximum absolute atomic E-state index is 11.8. The van der Waals surface area contributed by atoms with Gasteiger partial charge >= 0.3 is 12.1 Å². The van der Waals surface area contributed by atoms with Crippen molar-refractivity contribution in [3.05, 3.63) is 48.2 Å². The van der Waals surface area contributed by atoms with Crippen LogP contribution in [0.5, 0.6) is 0 Å². The number of carbonyl (C=O) groups is 2. The van der Waals surface area contributed by atoms with Gasteiger partial charge < -0.3 is 9.84 Å².